The molecule has 1 saturated carbocycles. The Morgan fingerprint density at radius 1 is 1.03 bits per heavy atom. The number of hydrogen-bond acceptors (Lipinski definition) is 3. The Labute approximate surface area is 180 Å². The third kappa shape index (κ3) is 5.63. The second-order valence-corrected chi connectivity index (χ2v) is 9.24. The van der Waals surface area contributed by atoms with Crippen molar-refractivity contribution in [2.24, 2.45) is 5.92 Å². The molecule has 1 aliphatic heterocycles. The number of hydrogen-bond donors (Lipinski definition) is 1. The number of nitrogens with zero attached hydrogens (tertiary/aromatic N) is 2. The van der Waals surface area contributed by atoms with Crippen LogP contribution >= 0.6 is 0 Å². The van der Waals surface area contributed by atoms with Crippen LogP contribution in [0.3, 0.4) is 0 Å². The molecule has 0 radical (unpaired) electrons. The summed E-state index contributed by atoms with van der Waals surface area (Å²) in [5.41, 5.74) is 1.75. The number of piperazine rings is 1. The van der Waals surface area contributed by atoms with Gasteiger partial charge in [0.15, 0.2) is 0 Å². The summed E-state index contributed by atoms with van der Waals surface area (Å²) in [5, 5.41) is 3.29. The van der Waals surface area contributed by atoms with Gasteiger partial charge in [0, 0.05) is 37.8 Å². The fourth-order valence-electron chi connectivity index (χ4n) is 5.20. The van der Waals surface area contributed by atoms with Gasteiger partial charge in [-0.2, -0.15) is 0 Å². The van der Waals surface area contributed by atoms with Crippen LogP contribution < -0.4 is 10.2 Å². The minimum Gasteiger partial charge on any atom is -0.367 e. The summed E-state index contributed by atoms with van der Waals surface area (Å²) in [5.74, 6) is 0.845. The van der Waals surface area contributed by atoms with Gasteiger partial charge in [0.2, 0.25) is 5.91 Å². The second-order valence-electron chi connectivity index (χ2n) is 9.24. The van der Waals surface area contributed by atoms with E-state index in [1.807, 2.05) is 12.1 Å². The van der Waals surface area contributed by atoms with Crippen LogP contribution in [0.2, 0.25) is 0 Å². The highest BCUT2D eigenvalue weighted by Crippen LogP contribution is 2.28. The predicted octanol–water partition coefficient (Wildman–Crippen LogP) is 4.51. The summed E-state index contributed by atoms with van der Waals surface area (Å²) in [6, 6.07) is 7.46. The Balaban J connectivity index is 1.13. The smallest absolute Gasteiger partial charge is 0.247 e. The van der Waals surface area contributed by atoms with E-state index < -0.39 is 0 Å². The van der Waals surface area contributed by atoms with Gasteiger partial charge < -0.3 is 10.2 Å². The average Bonchev–Trinajstić information content (AvgIpc) is 2.80. The maximum absolute atomic E-state index is 14.0. The van der Waals surface area contributed by atoms with Gasteiger partial charge in [-0.05, 0) is 82.4 Å². The molecule has 1 N–H and O–H groups in total. The number of nitrogens with one attached hydrogen (secondary N) is 1. The lowest BCUT2D eigenvalue weighted by Gasteiger charge is -2.37. The first-order valence-corrected chi connectivity index (χ1v) is 11.9. The summed E-state index contributed by atoms with van der Waals surface area (Å²) in [6.07, 6.45) is 12.4. The molecular formula is C25H36FN3O. The highest BCUT2D eigenvalue weighted by Gasteiger charge is 2.25. The van der Waals surface area contributed by atoms with Gasteiger partial charge >= 0.3 is 0 Å². The Morgan fingerprint density at radius 2 is 1.80 bits per heavy atom. The fraction of sp³-hybridized carbons (Fsp3) is 0.640. The van der Waals surface area contributed by atoms with E-state index >= 15 is 0 Å². The Morgan fingerprint density at radius 3 is 2.50 bits per heavy atom. The summed E-state index contributed by atoms with van der Waals surface area (Å²) in [7, 11) is 0. The van der Waals surface area contributed by atoms with E-state index in [1.54, 1.807) is 12.1 Å². The minimum absolute atomic E-state index is 0.116. The zero-order chi connectivity index (χ0) is 20.8. The third-order valence-electron chi connectivity index (χ3n) is 7.18. The normalized spacial score (nSPS) is 25.6. The van der Waals surface area contributed by atoms with Gasteiger partial charge in [0.1, 0.15) is 5.82 Å². The quantitative estimate of drug-likeness (QED) is 0.745. The zero-order valence-electron chi connectivity index (χ0n) is 18.1. The fourth-order valence-corrected chi connectivity index (χ4v) is 5.20. The lowest BCUT2D eigenvalue weighted by Crippen LogP contribution is -2.47. The molecule has 1 aromatic rings. The lowest BCUT2D eigenvalue weighted by atomic mass is 9.83. The van der Waals surface area contributed by atoms with Crippen LogP contribution in [0.4, 0.5) is 10.1 Å². The second kappa shape index (κ2) is 10.4. The predicted molar refractivity (Wildman–Crippen MR) is 120 cm³/mol. The van der Waals surface area contributed by atoms with Crippen molar-refractivity contribution >= 4 is 11.6 Å². The van der Waals surface area contributed by atoms with Crippen molar-refractivity contribution in [1.29, 1.82) is 0 Å². The Kier molecular flexibility index (Phi) is 7.42. The van der Waals surface area contributed by atoms with Crippen molar-refractivity contribution < 1.29 is 9.18 Å². The van der Waals surface area contributed by atoms with Crippen molar-refractivity contribution in [3.8, 4) is 0 Å². The van der Waals surface area contributed by atoms with Crippen LogP contribution in [0.15, 0.2) is 35.9 Å². The molecule has 2 aliphatic carbocycles. The molecule has 1 aromatic carbocycles. The molecule has 0 unspecified atom stereocenters. The van der Waals surface area contributed by atoms with Gasteiger partial charge in [-0.1, -0.05) is 18.2 Å². The Bertz CT molecular complexity index is 734. The number of rotatable bonds is 6. The zero-order valence-corrected chi connectivity index (χ0v) is 18.1. The largest absolute Gasteiger partial charge is 0.367 e. The number of amides is 1. The molecule has 1 saturated heterocycles. The molecule has 30 heavy (non-hydrogen) atoms. The highest BCUT2D eigenvalue weighted by molar-refractivity contribution is 5.93. The first kappa shape index (κ1) is 21.4. The molecule has 1 amide bonds. The van der Waals surface area contributed by atoms with Gasteiger partial charge in [0.05, 0.1) is 5.69 Å². The standard InChI is InChI=1S/C25H36FN3O/c26-23-8-4-5-9-24(23)29-18-16-28(17-19-29)15-14-20-10-12-22(13-11-20)27-25(30)21-6-2-1-3-7-21/h4-6,8-9,20,22H,1-3,7,10-19H2,(H,27,30). The van der Waals surface area contributed by atoms with Gasteiger partial charge in [-0.15, -0.1) is 0 Å². The molecule has 4 rings (SSSR count). The SMILES string of the molecule is O=C(NC1CCC(CCN2CCN(c3ccccc3F)CC2)CC1)C1=CCCCC1. The molecule has 2 fully saturated rings. The van der Waals surface area contributed by atoms with E-state index in [2.05, 4.69) is 21.2 Å². The summed E-state index contributed by atoms with van der Waals surface area (Å²) >= 11 is 0. The van der Waals surface area contributed by atoms with Crippen LogP contribution in [-0.4, -0.2) is 49.6 Å². The molecule has 4 nitrogen and oxygen atoms in total. The molecule has 3 aliphatic rings. The molecule has 1 heterocycles. The van der Waals surface area contributed by atoms with E-state index in [0.717, 1.165) is 82.0 Å². The lowest BCUT2D eigenvalue weighted by molar-refractivity contribution is -0.118. The molecular weight excluding hydrogens is 377 g/mol. The van der Waals surface area contributed by atoms with Crippen molar-refractivity contribution in [3.05, 3.63) is 41.7 Å². The maximum atomic E-state index is 14.0. The number of carbonyl (C=O) groups is 1. The molecule has 164 valence electrons. The molecule has 0 bridgehead atoms. The van der Waals surface area contributed by atoms with Crippen molar-refractivity contribution in [2.45, 2.75) is 63.8 Å². The first-order valence-electron chi connectivity index (χ1n) is 11.9. The van der Waals surface area contributed by atoms with Crippen LogP contribution in [-0.2, 0) is 4.79 Å². The van der Waals surface area contributed by atoms with E-state index in [9.17, 15) is 9.18 Å². The van der Waals surface area contributed by atoms with Crippen molar-refractivity contribution in [1.82, 2.24) is 10.2 Å². The molecule has 0 atom stereocenters. The van der Waals surface area contributed by atoms with E-state index in [4.69, 9.17) is 0 Å². The highest BCUT2D eigenvalue weighted by atomic mass is 19.1. The number of para-hydroxylation sites is 1. The number of halogens is 1. The third-order valence-corrected chi connectivity index (χ3v) is 7.18. The topological polar surface area (TPSA) is 35.6 Å². The minimum atomic E-state index is -0.116. The van der Waals surface area contributed by atoms with Gasteiger partial charge in [-0.25, -0.2) is 4.39 Å². The summed E-state index contributed by atoms with van der Waals surface area (Å²) in [6.45, 7) is 4.95. The van der Waals surface area contributed by atoms with E-state index in [-0.39, 0.29) is 11.7 Å². The molecule has 5 heteroatoms. The van der Waals surface area contributed by atoms with Gasteiger partial charge in [-0.3, -0.25) is 9.69 Å². The first-order chi connectivity index (χ1) is 14.7. The number of anilines is 1. The molecule has 0 aromatic heterocycles. The van der Waals surface area contributed by atoms with Gasteiger partial charge in [0.25, 0.3) is 0 Å². The maximum Gasteiger partial charge on any atom is 0.247 e. The van der Waals surface area contributed by atoms with E-state index in [0.29, 0.717) is 6.04 Å². The molecule has 0 spiro atoms. The summed E-state index contributed by atoms with van der Waals surface area (Å²) in [4.78, 5) is 17.1. The van der Waals surface area contributed by atoms with Crippen LogP contribution in [0.1, 0.15) is 57.8 Å². The summed E-state index contributed by atoms with van der Waals surface area (Å²) < 4.78 is 14.0. The van der Waals surface area contributed by atoms with Crippen LogP contribution in [0.5, 0.6) is 0 Å². The number of carbonyl (C=O) groups excluding carboxylic acids is 1. The monoisotopic (exact) mass is 413 g/mol. The van der Waals surface area contributed by atoms with Crippen LogP contribution in [0.25, 0.3) is 0 Å². The van der Waals surface area contributed by atoms with Crippen molar-refractivity contribution in [3.63, 3.8) is 0 Å². The average molecular weight is 414 g/mol. The number of benzene rings is 1. The number of allylic oxidation sites excluding steroid dienone is 1. The van der Waals surface area contributed by atoms with Crippen molar-refractivity contribution in [2.75, 3.05) is 37.6 Å². The van der Waals surface area contributed by atoms with Crippen LogP contribution in [0, 0.1) is 11.7 Å². The van der Waals surface area contributed by atoms with E-state index in [1.165, 1.54) is 25.7 Å². The Hall–Kier alpha value is -1.88.